The Kier molecular flexibility index (Phi) is 4.18. The average Bonchev–Trinajstić information content (AvgIpc) is 3.25. The first-order chi connectivity index (χ1) is 10.3. The molecule has 0 atom stereocenters. The molecule has 3 rings (SSSR count). The lowest BCUT2D eigenvalue weighted by Crippen LogP contribution is -2.05. The summed E-state index contributed by atoms with van der Waals surface area (Å²) in [5, 5.41) is 7.78. The summed E-state index contributed by atoms with van der Waals surface area (Å²) in [5.41, 5.74) is 2.06. The highest BCUT2D eigenvalue weighted by Gasteiger charge is 2.27. The van der Waals surface area contributed by atoms with Gasteiger partial charge in [-0.25, -0.2) is 9.97 Å². The van der Waals surface area contributed by atoms with Gasteiger partial charge < -0.3 is 5.32 Å². The summed E-state index contributed by atoms with van der Waals surface area (Å²) in [5.74, 6) is 2.47. The van der Waals surface area contributed by atoms with Crippen molar-refractivity contribution in [1.82, 2.24) is 19.7 Å². The van der Waals surface area contributed by atoms with E-state index in [2.05, 4.69) is 35.4 Å². The van der Waals surface area contributed by atoms with Crippen LogP contribution in [0.2, 0.25) is 0 Å². The maximum atomic E-state index is 4.74. The summed E-state index contributed by atoms with van der Waals surface area (Å²) in [7, 11) is 0. The zero-order valence-electron chi connectivity index (χ0n) is 12.8. The minimum absolute atomic E-state index is 0.554. The number of hydrogen-bond acceptors (Lipinski definition) is 4. The molecule has 112 valence electrons. The fraction of sp³-hybridized carbons (Fsp3) is 0.562. The molecule has 0 radical (unpaired) electrons. The van der Waals surface area contributed by atoms with E-state index in [1.807, 2.05) is 16.9 Å². The van der Waals surface area contributed by atoms with Gasteiger partial charge in [0.1, 0.15) is 11.6 Å². The summed E-state index contributed by atoms with van der Waals surface area (Å²) in [6.45, 7) is 6.20. The number of rotatable bonds is 7. The van der Waals surface area contributed by atoms with E-state index in [0.29, 0.717) is 5.92 Å². The standard InChI is InChI=1S/C16H23N5/c1-3-7-17-15-9-14(19-16(20-15)12-5-6-12)13-10-18-21(11-13)8-4-2/h9-12H,3-8H2,1-2H3,(H,17,19,20). The molecule has 0 bridgehead atoms. The van der Waals surface area contributed by atoms with E-state index in [0.717, 1.165) is 48.8 Å². The van der Waals surface area contributed by atoms with Gasteiger partial charge in [-0.05, 0) is 25.7 Å². The predicted octanol–water partition coefficient (Wildman–Crippen LogP) is 3.45. The minimum atomic E-state index is 0.554. The van der Waals surface area contributed by atoms with Gasteiger partial charge in [-0.1, -0.05) is 13.8 Å². The lowest BCUT2D eigenvalue weighted by atomic mass is 10.2. The Labute approximate surface area is 125 Å². The second-order valence-electron chi connectivity index (χ2n) is 5.69. The van der Waals surface area contributed by atoms with Crippen molar-refractivity contribution in [3.63, 3.8) is 0 Å². The highest BCUT2D eigenvalue weighted by atomic mass is 15.3. The van der Waals surface area contributed by atoms with E-state index >= 15 is 0 Å². The van der Waals surface area contributed by atoms with Crippen molar-refractivity contribution in [2.75, 3.05) is 11.9 Å². The van der Waals surface area contributed by atoms with E-state index in [4.69, 9.17) is 4.98 Å². The zero-order chi connectivity index (χ0) is 14.7. The van der Waals surface area contributed by atoms with Crippen molar-refractivity contribution in [1.29, 1.82) is 0 Å². The highest BCUT2D eigenvalue weighted by Crippen LogP contribution is 2.39. The molecule has 1 fully saturated rings. The molecule has 1 aliphatic carbocycles. The van der Waals surface area contributed by atoms with Crippen LogP contribution >= 0.6 is 0 Å². The Morgan fingerprint density at radius 2 is 2.10 bits per heavy atom. The topological polar surface area (TPSA) is 55.6 Å². The van der Waals surface area contributed by atoms with Crippen LogP contribution in [0, 0.1) is 0 Å². The lowest BCUT2D eigenvalue weighted by Gasteiger charge is -2.08. The third-order valence-corrected chi connectivity index (χ3v) is 3.62. The van der Waals surface area contributed by atoms with E-state index in [-0.39, 0.29) is 0 Å². The van der Waals surface area contributed by atoms with Crippen LogP contribution in [-0.4, -0.2) is 26.3 Å². The van der Waals surface area contributed by atoms with Crippen molar-refractivity contribution < 1.29 is 0 Å². The van der Waals surface area contributed by atoms with E-state index < -0.39 is 0 Å². The molecule has 1 N–H and O–H groups in total. The fourth-order valence-corrected chi connectivity index (χ4v) is 2.33. The molecule has 0 spiro atoms. The molecular formula is C16H23N5. The van der Waals surface area contributed by atoms with Crippen LogP contribution < -0.4 is 5.32 Å². The van der Waals surface area contributed by atoms with Gasteiger partial charge in [-0.2, -0.15) is 5.10 Å². The van der Waals surface area contributed by atoms with Gasteiger partial charge in [-0.15, -0.1) is 0 Å². The number of hydrogen-bond donors (Lipinski definition) is 1. The van der Waals surface area contributed by atoms with Gasteiger partial charge >= 0.3 is 0 Å². The van der Waals surface area contributed by atoms with Gasteiger partial charge in [0.05, 0.1) is 11.9 Å². The maximum absolute atomic E-state index is 4.74. The molecular weight excluding hydrogens is 262 g/mol. The van der Waals surface area contributed by atoms with Crippen molar-refractivity contribution in [3.05, 3.63) is 24.3 Å². The Hall–Kier alpha value is -1.91. The van der Waals surface area contributed by atoms with Crippen molar-refractivity contribution in [3.8, 4) is 11.3 Å². The molecule has 21 heavy (non-hydrogen) atoms. The number of nitrogens with one attached hydrogen (secondary N) is 1. The van der Waals surface area contributed by atoms with Crippen LogP contribution in [0.3, 0.4) is 0 Å². The number of anilines is 1. The Morgan fingerprint density at radius 3 is 2.81 bits per heavy atom. The molecule has 0 amide bonds. The Balaban J connectivity index is 1.89. The first kappa shape index (κ1) is 14.0. The van der Waals surface area contributed by atoms with Gasteiger partial charge in [0.25, 0.3) is 0 Å². The largest absolute Gasteiger partial charge is 0.370 e. The van der Waals surface area contributed by atoms with Gasteiger partial charge in [-0.3, -0.25) is 4.68 Å². The smallest absolute Gasteiger partial charge is 0.134 e. The SMILES string of the molecule is CCCNc1cc(-c2cnn(CCC)c2)nc(C2CC2)n1. The molecule has 1 saturated carbocycles. The van der Waals surface area contributed by atoms with Gasteiger partial charge in [0.15, 0.2) is 0 Å². The van der Waals surface area contributed by atoms with Crippen molar-refractivity contribution in [2.24, 2.45) is 0 Å². The van der Waals surface area contributed by atoms with E-state index in [1.54, 1.807) is 0 Å². The summed E-state index contributed by atoms with van der Waals surface area (Å²) in [4.78, 5) is 9.39. The van der Waals surface area contributed by atoms with Crippen LogP contribution in [0.15, 0.2) is 18.5 Å². The third kappa shape index (κ3) is 3.40. The number of aryl methyl sites for hydroxylation is 1. The number of aromatic nitrogens is 4. The molecule has 2 aromatic heterocycles. The molecule has 0 unspecified atom stereocenters. The maximum Gasteiger partial charge on any atom is 0.134 e. The molecule has 5 heteroatoms. The Morgan fingerprint density at radius 1 is 1.24 bits per heavy atom. The third-order valence-electron chi connectivity index (χ3n) is 3.62. The highest BCUT2D eigenvalue weighted by molar-refractivity contribution is 5.61. The summed E-state index contributed by atoms with van der Waals surface area (Å²) < 4.78 is 1.98. The van der Waals surface area contributed by atoms with Crippen molar-refractivity contribution in [2.45, 2.75) is 52.0 Å². The lowest BCUT2D eigenvalue weighted by molar-refractivity contribution is 0.603. The number of nitrogens with zero attached hydrogens (tertiary/aromatic N) is 4. The van der Waals surface area contributed by atoms with Crippen LogP contribution in [0.4, 0.5) is 5.82 Å². The molecule has 2 aromatic rings. The van der Waals surface area contributed by atoms with Crippen LogP contribution in [0.1, 0.15) is 51.3 Å². The summed E-state index contributed by atoms with van der Waals surface area (Å²) in [6, 6.07) is 2.04. The molecule has 0 aromatic carbocycles. The molecule has 2 heterocycles. The quantitative estimate of drug-likeness (QED) is 0.846. The second-order valence-corrected chi connectivity index (χ2v) is 5.69. The molecule has 0 aliphatic heterocycles. The fourth-order valence-electron chi connectivity index (χ4n) is 2.33. The van der Waals surface area contributed by atoms with E-state index in [1.165, 1.54) is 12.8 Å². The van der Waals surface area contributed by atoms with Crippen LogP contribution in [0.5, 0.6) is 0 Å². The summed E-state index contributed by atoms with van der Waals surface area (Å²) >= 11 is 0. The monoisotopic (exact) mass is 285 g/mol. The van der Waals surface area contributed by atoms with Crippen molar-refractivity contribution >= 4 is 5.82 Å². The average molecular weight is 285 g/mol. The molecule has 1 aliphatic rings. The van der Waals surface area contributed by atoms with E-state index in [9.17, 15) is 0 Å². The van der Waals surface area contributed by atoms with Crippen LogP contribution in [0.25, 0.3) is 11.3 Å². The Bertz CT molecular complexity index is 600. The predicted molar refractivity (Wildman–Crippen MR) is 84.3 cm³/mol. The second kappa shape index (κ2) is 6.24. The molecule has 0 saturated heterocycles. The van der Waals surface area contributed by atoms with Crippen LogP contribution in [-0.2, 0) is 6.54 Å². The normalized spacial score (nSPS) is 14.4. The molecule has 5 nitrogen and oxygen atoms in total. The zero-order valence-corrected chi connectivity index (χ0v) is 12.8. The first-order valence-corrected chi connectivity index (χ1v) is 7.95. The minimum Gasteiger partial charge on any atom is -0.370 e. The van der Waals surface area contributed by atoms with Gasteiger partial charge in [0, 0.05) is 36.8 Å². The summed E-state index contributed by atoms with van der Waals surface area (Å²) in [6.07, 6.45) is 8.58. The van der Waals surface area contributed by atoms with Gasteiger partial charge in [0.2, 0.25) is 0 Å². The first-order valence-electron chi connectivity index (χ1n) is 7.95.